The number of nitrogens with one attached hydrogen (secondary N) is 1. The van der Waals surface area contributed by atoms with Crippen LogP contribution in [-0.4, -0.2) is 56.2 Å². The third kappa shape index (κ3) is 4.66. The lowest BCUT2D eigenvalue weighted by molar-refractivity contribution is -0.131. The minimum atomic E-state index is -3.12. The lowest BCUT2D eigenvalue weighted by Crippen LogP contribution is -2.49. The van der Waals surface area contributed by atoms with Crippen LogP contribution in [0.4, 0.5) is 0 Å². The zero-order valence-corrected chi connectivity index (χ0v) is 13.5. The number of amides is 1. The Morgan fingerprint density at radius 3 is 2.57 bits per heavy atom. The molecule has 0 spiro atoms. The van der Waals surface area contributed by atoms with Crippen molar-refractivity contribution < 1.29 is 17.9 Å². The lowest BCUT2D eigenvalue weighted by atomic mass is 10.1. The summed E-state index contributed by atoms with van der Waals surface area (Å²) < 4.78 is 31.1. The molecule has 0 saturated carbocycles. The summed E-state index contributed by atoms with van der Waals surface area (Å²) in [6.45, 7) is 3.65. The molecule has 2 aliphatic heterocycles. The minimum absolute atomic E-state index is 0.0419. The Kier molecular flexibility index (Phi) is 6.01. The van der Waals surface area contributed by atoms with Gasteiger partial charge in [0.15, 0.2) is 0 Å². The second-order valence-electron chi connectivity index (χ2n) is 5.85. The average Bonchev–Trinajstić information content (AvgIpc) is 3.00. The molecule has 2 fully saturated rings. The first-order chi connectivity index (χ1) is 10.0. The summed E-state index contributed by atoms with van der Waals surface area (Å²) in [6.07, 6.45) is 4.37. The number of hydrogen-bond donors (Lipinski definition) is 1. The van der Waals surface area contributed by atoms with Crippen LogP contribution >= 0.6 is 0 Å². The first-order valence-corrected chi connectivity index (χ1v) is 9.53. The fourth-order valence-corrected chi connectivity index (χ4v) is 4.49. The number of sulfonamides is 1. The second-order valence-corrected chi connectivity index (χ2v) is 7.94. The highest BCUT2D eigenvalue weighted by atomic mass is 32.2. The van der Waals surface area contributed by atoms with E-state index in [0.29, 0.717) is 39.0 Å². The number of piperidine rings is 1. The van der Waals surface area contributed by atoms with Crippen LogP contribution in [0.3, 0.4) is 0 Å². The molecular formula is C14H26N2O4S. The van der Waals surface area contributed by atoms with Crippen LogP contribution in [0.15, 0.2) is 0 Å². The summed E-state index contributed by atoms with van der Waals surface area (Å²) in [5, 5.41) is 2.99. The molecule has 0 aromatic rings. The molecule has 122 valence electrons. The number of unbranched alkanes of at least 4 members (excludes halogenated alkanes) is 1. The van der Waals surface area contributed by atoms with E-state index >= 15 is 0 Å². The maximum atomic E-state index is 12.1. The van der Waals surface area contributed by atoms with E-state index in [1.807, 2.05) is 6.92 Å². The van der Waals surface area contributed by atoms with Gasteiger partial charge in [-0.25, -0.2) is 12.7 Å². The Morgan fingerprint density at radius 2 is 2.00 bits per heavy atom. The smallest absolute Gasteiger partial charge is 0.249 e. The molecule has 0 radical (unpaired) electrons. The van der Waals surface area contributed by atoms with Gasteiger partial charge in [-0.1, -0.05) is 13.3 Å². The first kappa shape index (κ1) is 16.7. The largest absolute Gasteiger partial charge is 0.368 e. The van der Waals surface area contributed by atoms with Gasteiger partial charge in [-0.15, -0.1) is 0 Å². The van der Waals surface area contributed by atoms with Crippen LogP contribution in [0.5, 0.6) is 0 Å². The van der Waals surface area contributed by atoms with E-state index in [1.165, 1.54) is 0 Å². The number of hydrogen-bond acceptors (Lipinski definition) is 4. The monoisotopic (exact) mass is 318 g/mol. The third-order valence-electron chi connectivity index (χ3n) is 4.17. The quantitative estimate of drug-likeness (QED) is 0.789. The molecule has 2 aliphatic rings. The fourth-order valence-electron chi connectivity index (χ4n) is 2.81. The standard InChI is InChI=1S/C14H26N2O4S/c1-2-3-11-21(18,19)16-8-6-12(7-9-16)15-14(17)13-5-4-10-20-13/h12-13H,2-11H2,1H3,(H,15,17). The van der Waals surface area contributed by atoms with Crippen molar-refractivity contribution in [2.24, 2.45) is 0 Å². The summed E-state index contributed by atoms with van der Waals surface area (Å²) >= 11 is 0. The third-order valence-corrected chi connectivity index (χ3v) is 6.13. The fraction of sp³-hybridized carbons (Fsp3) is 0.929. The minimum Gasteiger partial charge on any atom is -0.368 e. The van der Waals surface area contributed by atoms with E-state index in [1.54, 1.807) is 4.31 Å². The van der Waals surface area contributed by atoms with Gasteiger partial charge in [0.25, 0.3) is 0 Å². The molecule has 2 rings (SSSR count). The number of rotatable bonds is 6. The van der Waals surface area contributed by atoms with Crippen molar-refractivity contribution in [3.05, 3.63) is 0 Å². The first-order valence-electron chi connectivity index (χ1n) is 7.92. The molecule has 1 atom stereocenters. The molecule has 0 aliphatic carbocycles. The zero-order chi connectivity index (χ0) is 15.3. The highest BCUT2D eigenvalue weighted by Crippen LogP contribution is 2.17. The number of carbonyl (C=O) groups is 1. The van der Waals surface area contributed by atoms with Crippen LogP contribution in [-0.2, 0) is 19.6 Å². The Balaban J connectivity index is 1.76. The van der Waals surface area contributed by atoms with Crippen LogP contribution in [0.25, 0.3) is 0 Å². The molecule has 0 bridgehead atoms. The normalized spacial score (nSPS) is 25.1. The van der Waals surface area contributed by atoms with Crippen LogP contribution in [0, 0.1) is 0 Å². The van der Waals surface area contributed by atoms with Gasteiger partial charge in [0.1, 0.15) is 6.10 Å². The topological polar surface area (TPSA) is 75.7 Å². The molecule has 6 nitrogen and oxygen atoms in total. The molecule has 2 saturated heterocycles. The van der Waals surface area contributed by atoms with Gasteiger partial charge >= 0.3 is 0 Å². The van der Waals surface area contributed by atoms with Gasteiger partial charge in [-0.3, -0.25) is 4.79 Å². The van der Waals surface area contributed by atoms with Crippen molar-refractivity contribution in [2.45, 2.75) is 57.6 Å². The van der Waals surface area contributed by atoms with E-state index in [9.17, 15) is 13.2 Å². The van der Waals surface area contributed by atoms with Crippen molar-refractivity contribution in [1.82, 2.24) is 9.62 Å². The number of nitrogens with zero attached hydrogens (tertiary/aromatic N) is 1. The van der Waals surface area contributed by atoms with Crippen molar-refractivity contribution in [2.75, 3.05) is 25.4 Å². The lowest BCUT2D eigenvalue weighted by Gasteiger charge is -2.32. The summed E-state index contributed by atoms with van der Waals surface area (Å²) in [5.74, 6) is 0.191. The van der Waals surface area contributed by atoms with E-state index in [2.05, 4.69) is 5.32 Å². The van der Waals surface area contributed by atoms with Gasteiger partial charge in [0.2, 0.25) is 15.9 Å². The number of carbonyl (C=O) groups excluding carboxylic acids is 1. The van der Waals surface area contributed by atoms with E-state index in [0.717, 1.165) is 19.3 Å². The van der Waals surface area contributed by atoms with Crippen molar-refractivity contribution in [3.63, 3.8) is 0 Å². The highest BCUT2D eigenvalue weighted by Gasteiger charge is 2.30. The summed E-state index contributed by atoms with van der Waals surface area (Å²) in [5.41, 5.74) is 0. The molecule has 0 aromatic carbocycles. The maximum absolute atomic E-state index is 12.1. The van der Waals surface area contributed by atoms with Gasteiger partial charge in [0.05, 0.1) is 5.75 Å². The van der Waals surface area contributed by atoms with E-state index < -0.39 is 10.0 Å². The molecule has 1 amide bonds. The molecule has 21 heavy (non-hydrogen) atoms. The molecule has 0 aromatic heterocycles. The van der Waals surface area contributed by atoms with Gasteiger partial charge in [-0.2, -0.15) is 0 Å². The van der Waals surface area contributed by atoms with Crippen molar-refractivity contribution in [1.29, 1.82) is 0 Å². The molecular weight excluding hydrogens is 292 g/mol. The van der Waals surface area contributed by atoms with Crippen molar-refractivity contribution in [3.8, 4) is 0 Å². The predicted molar refractivity (Wildman–Crippen MR) is 80.4 cm³/mol. The van der Waals surface area contributed by atoms with Gasteiger partial charge in [0, 0.05) is 25.7 Å². The van der Waals surface area contributed by atoms with E-state index in [-0.39, 0.29) is 23.8 Å². The van der Waals surface area contributed by atoms with Crippen molar-refractivity contribution >= 4 is 15.9 Å². The highest BCUT2D eigenvalue weighted by molar-refractivity contribution is 7.89. The second kappa shape index (κ2) is 7.56. The zero-order valence-electron chi connectivity index (χ0n) is 12.7. The van der Waals surface area contributed by atoms with Gasteiger partial charge in [-0.05, 0) is 32.1 Å². The van der Waals surface area contributed by atoms with Crippen LogP contribution < -0.4 is 5.32 Å². The summed E-state index contributed by atoms with van der Waals surface area (Å²) in [6, 6.07) is 0.0688. The average molecular weight is 318 g/mol. The van der Waals surface area contributed by atoms with Crippen LogP contribution in [0.1, 0.15) is 45.4 Å². The maximum Gasteiger partial charge on any atom is 0.249 e. The summed E-state index contributed by atoms with van der Waals surface area (Å²) in [7, 11) is -3.12. The van der Waals surface area contributed by atoms with Crippen LogP contribution in [0.2, 0.25) is 0 Å². The Morgan fingerprint density at radius 1 is 1.29 bits per heavy atom. The Labute approximate surface area is 127 Å². The molecule has 1 unspecified atom stereocenters. The summed E-state index contributed by atoms with van der Waals surface area (Å²) in [4.78, 5) is 12.0. The molecule has 7 heteroatoms. The Hall–Kier alpha value is -0.660. The molecule has 2 heterocycles. The molecule has 1 N–H and O–H groups in total. The predicted octanol–water partition coefficient (Wildman–Crippen LogP) is 0.876. The number of ether oxygens (including phenoxy) is 1. The SMILES string of the molecule is CCCCS(=O)(=O)N1CCC(NC(=O)C2CCCO2)CC1. The Bertz CT molecular complexity index is 438. The van der Waals surface area contributed by atoms with E-state index in [4.69, 9.17) is 4.74 Å². The van der Waals surface area contributed by atoms with Gasteiger partial charge < -0.3 is 10.1 Å².